The van der Waals surface area contributed by atoms with Crippen LogP contribution in [0.2, 0.25) is 0 Å². The molecular weight excluding hydrogens is 281 g/mol. The zero-order valence-electron chi connectivity index (χ0n) is 13.1. The molecule has 0 spiro atoms. The summed E-state index contributed by atoms with van der Waals surface area (Å²) in [6.07, 6.45) is 0.524. The number of hydrogen-bond donors (Lipinski definition) is 1. The van der Waals surface area contributed by atoms with Crippen molar-refractivity contribution < 1.29 is 19.1 Å². The summed E-state index contributed by atoms with van der Waals surface area (Å²) in [7, 11) is 1.15. The molecule has 0 unspecified atom stereocenters. The molecule has 5 nitrogen and oxygen atoms in total. The van der Waals surface area contributed by atoms with Gasteiger partial charge in [-0.25, -0.2) is 0 Å². The number of ether oxygens (including phenoxy) is 1. The molecule has 0 aromatic heterocycles. The molecule has 0 aliphatic rings. The fourth-order valence-corrected chi connectivity index (χ4v) is 2.16. The molecule has 1 N–H and O–H groups in total. The Hall–Kier alpha value is -1.95. The Labute approximate surface area is 131 Å². The van der Waals surface area contributed by atoms with Gasteiger partial charge in [-0.05, 0) is 32.8 Å². The van der Waals surface area contributed by atoms with Crippen LogP contribution in [0.4, 0.5) is 0 Å². The maximum Gasteiger partial charge on any atom is 0.322 e. The molecule has 1 rings (SSSR count). The molecule has 22 heavy (non-hydrogen) atoms. The second kappa shape index (κ2) is 9.15. The van der Waals surface area contributed by atoms with Crippen LogP contribution in [-0.2, 0) is 19.1 Å². The van der Waals surface area contributed by atoms with E-state index in [1.54, 1.807) is 13.8 Å². The SMILES string of the molecule is CC(=O)[C@@H](C[C@H](N[B]C=O)C(=O)OC(C)C)c1ccccc1. The van der Waals surface area contributed by atoms with E-state index in [1.807, 2.05) is 30.3 Å². The van der Waals surface area contributed by atoms with Crippen LogP contribution in [0.5, 0.6) is 0 Å². The van der Waals surface area contributed by atoms with Gasteiger partial charge in [0, 0.05) is 5.92 Å². The summed E-state index contributed by atoms with van der Waals surface area (Å²) in [6.45, 7) is 4.99. The van der Waals surface area contributed by atoms with E-state index >= 15 is 0 Å². The highest BCUT2D eigenvalue weighted by Crippen LogP contribution is 2.23. The van der Waals surface area contributed by atoms with Crippen molar-refractivity contribution in [1.29, 1.82) is 0 Å². The lowest BCUT2D eigenvalue weighted by molar-refractivity contribution is -0.149. The van der Waals surface area contributed by atoms with E-state index in [0.717, 1.165) is 13.0 Å². The summed E-state index contributed by atoms with van der Waals surface area (Å²) >= 11 is 0. The van der Waals surface area contributed by atoms with Crippen molar-refractivity contribution in [2.24, 2.45) is 0 Å². The van der Waals surface area contributed by atoms with Crippen LogP contribution >= 0.6 is 0 Å². The lowest BCUT2D eigenvalue weighted by Crippen LogP contribution is -2.43. The van der Waals surface area contributed by atoms with Crippen LogP contribution in [0.3, 0.4) is 0 Å². The fourth-order valence-electron chi connectivity index (χ4n) is 2.16. The predicted molar refractivity (Wildman–Crippen MR) is 85.1 cm³/mol. The minimum Gasteiger partial charge on any atom is -0.462 e. The molecule has 0 bridgehead atoms. The van der Waals surface area contributed by atoms with E-state index < -0.39 is 17.9 Å². The average molecular weight is 302 g/mol. The van der Waals surface area contributed by atoms with Gasteiger partial charge in [0.2, 0.25) is 0 Å². The Morgan fingerprint density at radius 3 is 2.41 bits per heavy atom. The number of ketones is 1. The van der Waals surface area contributed by atoms with Crippen LogP contribution in [0, 0.1) is 0 Å². The van der Waals surface area contributed by atoms with Crippen LogP contribution in [0.15, 0.2) is 30.3 Å². The van der Waals surface area contributed by atoms with E-state index in [9.17, 15) is 14.4 Å². The predicted octanol–water partition coefficient (Wildman–Crippen LogP) is 1.47. The number of carbonyl (C=O) groups excluding carboxylic acids is 3. The van der Waals surface area contributed by atoms with Crippen molar-refractivity contribution in [2.75, 3.05) is 0 Å². The number of Topliss-reactive ketones (excluding diaryl/α,β-unsaturated/α-hetero) is 1. The summed E-state index contributed by atoms with van der Waals surface area (Å²) in [5.41, 5.74) is 0.838. The number of esters is 1. The molecule has 0 aliphatic heterocycles. The van der Waals surface area contributed by atoms with E-state index in [1.165, 1.54) is 6.92 Å². The molecule has 0 saturated carbocycles. The molecule has 1 radical (unpaired) electrons. The smallest absolute Gasteiger partial charge is 0.322 e. The van der Waals surface area contributed by atoms with Crippen LogP contribution in [0.25, 0.3) is 0 Å². The summed E-state index contributed by atoms with van der Waals surface area (Å²) in [5, 5.41) is 2.71. The summed E-state index contributed by atoms with van der Waals surface area (Å²) < 4.78 is 5.18. The maximum atomic E-state index is 12.1. The first-order valence-electron chi connectivity index (χ1n) is 7.24. The molecule has 0 heterocycles. The highest BCUT2D eigenvalue weighted by atomic mass is 16.5. The van der Waals surface area contributed by atoms with Gasteiger partial charge in [-0.1, -0.05) is 30.3 Å². The molecule has 0 aliphatic carbocycles. The van der Waals surface area contributed by atoms with Crippen molar-refractivity contribution in [3.63, 3.8) is 0 Å². The molecule has 0 amide bonds. The van der Waals surface area contributed by atoms with Gasteiger partial charge in [0.25, 0.3) is 7.41 Å². The highest BCUT2D eigenvalue weighted by molar-refractivity contribution is 6.64. The third-order valence-corrected chi connectivity index (χ3v) is 3.17. The number of rotatable bonds is 9. The number of carbonyl (C=O) groups is 3. The maximum absolute atomic E-state index is 12.1. The van der Waals surface area contributed by atoms with Crippen molar-refractivity contribution >= 4 is 25.4 Å². The van der Waals surface area contributed by atoms with Crippen molar-refractivity contribution in [2.45, 2.75) is 45.3 Å². The molecule has 2 atom stereocenters. The first-order chi connectivity index (χ1) is 10.5. The molecule has 1 aromatic carbocycles. The molecule has 117 valence electrons. The Kier molecular flexibility index (Phi) is 7.53. The first kappa shape index (κ1) is 18.1. The Morgan fingerprint density at radius 1 is 1.27 bits per heavy atom. The number of benzene rings is 1. The van der Waals surface area contributed by atoms with Gasteiger partial charge in [-0.15, -0.1) is 0 Å². The monoisotopic (exact) mass is 302 g/mol. The first-order valence-corrected chi connectivity index (χ1v) is 7.24. The Bertz CT molecular complexity index is 504. The zero-order chi connectivity index (χ0) is 16.5. The lowest BCUT2D eigenvalue weighted by Gasteiger charge is -2.22. The molecular formula is C16H21BNO4. The van der Waals surface area contributed by atoms with Gasteiger partial charge in [-0.2, -0.15) is 0 Å². The average Bonchev–Trinajstić information content (AvgIpc) is 2.47. The Balaban J connectivity index is 2.90. The highest BCUT2D eigenvalue weighted by Gasteiger charge is 2.27. The summed E-state index contributed by atoms with van der Waals surface area (Å²) in [5.74, 6) is -0.949. The third-order valence-electron chi connectivity index (χ3n) is 3.17. The van der Waals surface area contributed by atoms with Crippen molar-refractivity contribution in [1.82, 2.24) is 5.23 Å². The number of nitrogens with one attached hydrogen (secondary N) is 1. The molecule has 6 heteroatoms. The fraction of sp³-hybridized carbons (Fsp3) is 0.438. The largest absolute Gasteiger partial charge is 0.462 e. The second-order valence-electron chi connectivity index (χ2n) is 5.32. The third kappa shape index (κ3) is 5.81. The minimum absolute atomic E-state index is 0.0403. The van der Waals surface area contributed by atoms with Crippen molar-refractivity contribution in [3.05, 3.63) is 35.9 Å². The van der Waals surface area contributed by atoms with Crippen LogP contribution < -0.4 is 5.23 Å². The van der Waals surface area contributed by atoms with Gasteiger partial charge in [0.1, 0.15) is 5.78 Å². The van der Waals surface area contributed by atoms with E-state index in [4.69, 9.17) is 4.74 Å². The zero-order valence-corrected chi connectivity index (χ0v) is 13.1. The van der Waals surface area contributed by atoms with E-state index in [2.05, 4.69) is 5.23 Å². The topological polar surface area (TPSA) is 72.5 Å². The molecule has 0 saturated heterocycles. The Morgan fingerprint density at radius 2 is 1.91 bits per heavy atom. The van der Waals surface area contributed by atoms with Crippen LogP contribution in [0.1, 0.15) is 38.7 Å². The normalized spacial score (nSPS) is 13.3. The van der Waals surface area contributed by atoms with Gasteiger partial charge in [0.05, 0.1) is 18.3 Å². The van der Waals surface area contributed by atoms with Gasteiger partial charge < -0.3 is 14.8 Å². The van der Waals surface area contributed by atoms with E-state index in [-0.39, 0.29) is 18.3 Å². The van der Waals surface area contributed by atoms with Gasteiger partial charge in [0.15, 0.2) is 0 Å². The van der Waals surface area contributed by atoms with Crippen molar-refractivity contribution in [3.8, 4) is 0 Å². The lowest BCUT2D eigenvalue weighted by atomic mass is 9.86. The van der Waals surface area contributed by atoms with E-state index in [0.29, 0.717) is 6.19 Å². The number of hydrogen-bond acceptors (Lipinski definition) is 5. The summed E-state index contributed by atoms with van der Waals surface area (Å²) in [4.78, 5) is 34.6. The second-order valence-corrected chi connectivity index (χ2v) is 5.32. The van der Waals surface area contributed by atoms with Gasteiger partial charge in [-0.3, -0.25) is 9.59 Å². The quantitative estimate of drug-likeness (QED) is 0.425. The molecule has 1 aromatic rings. The van der Waals surface area contributed by atoms with Crippen LogP contribution in [-0.4, -0.2) is 37.5 Å². The standard InChI is InChI=1S/C16H21BNO4/c1-11(2)22-16(21)15(18-17-10-19)9-14(12(3)20)13-7-5-4-6-8-13/h4-8,10-11,14-15,18H,9H2,1-3H3/t14-,15+/m1/s1. The summed E-state index contributed by atoms with van der Waals surface area (Å²) in [6, 6.07) is 8.50. The van der Waals surface area contributed by atoms with Gasteiger partial charge >= 0.3 is 5.97 Å². The molecule has 0 fully saturated rings. The minimum atomic E-state index is -0.748.